The Morgan fingerprint density at radius 3 is 2.53 bits per heavy atom. The number of hydrogen-bond donors (Lipinski definition) is 1. The number of non-ortho nitro benzene ring substituents is 1. The quantitative estimate of drug-likeness (QED) is 0.650. The Balaban J connectivity index is 2.25. The Kier molecular flexibility index (Phi) is 3.64. The molecule has 0 radical (unpaired) electrons. The van der Waals surface area contributed by atoms with Crippen LogP contribution in [0, 0.1) is 10.1 Å². The first-order chi connectivity index (χ1) is 8.88. The third-order valence-electron chi connectivity index (χ3n) is 3.38. The minimum absolute atomic E-state index is 0.00542. The van der Waals surface area contributed by atoms with Gasteiger partial charge in [0.1, 0.15) is 5.75 Å². The third kappa shape index (κ3) is 3.36. The van der Waals surface area contributed by atoms with Gasteiger partial charge >= 0.3 is 0 Å². The van der Waals surface area contributed by atoms with E-state index in [0.717, 1.165) is 18.5 Å². The highest BCUT2D eigenvalue weighted by atomic mass is 16.6. The summed E-state index contributed by atoms with van der Waals surface area (Å²) in [6, 6.07) is 4.86. The molecule has 1 saturated carbocycles. The lowest BCUT2D eigenvalue weighted by Gasteiger charge is -2.40. The maximum atomic E-state index is 11.0. The summed E-state index contributed by atoms with van der Waals surface area (Å²) in [4.78, 5) is 10.6. The van der Waals surface area contributed by atoms with Gasteiger partial charge in [-0.2, -0.15) is 0 Å². The molecule has 104 valence electrons. The van der Waals surface area contributed by atoms with Crippen LogP contribution in [0.2, 0.25) is 0 Å². The van der Waals surface area contributed by atoms with Gasteiger partial charge in [-0.3, -0.25) is 10.1 Å². The largest absolute Gasteiger partial charge is 0.491 e. The van der Waals surface area contributed by atoms with Crippen LogP contribution in [0.4, 0.5) is 11.4 Å². The minimum Gasteiger partial charge on any atom is -0.491 e. The first-order valence-corrected chi connectivity index (χ1v) is 6.62. The van der Waals surface area contributed by atoms with E-state index < -0.39 is 0 Å². The van der Waals surface area contributed by atoms with Crippen LogP contribution in [0.3, 0.4) is 0 Å². The van der Waals surface area contributed by atoms with Crippen LogP contribution in [0.25, 0.3) is 0 Å². The van der Waals surface area contributed by atoms with Gasteiger partial charge < -0.3 is 10.1 Å². The van der Waals surface area contributed by atoms with Crippen molar-refractivity contribution in [2.45, 2.75) is 51.7 Å². The van der Waals surface area contributed by atoms with E-state index in [1.165, 1.54) is 12.5 Å². The molecule has 0 spiro atoms. The van der Waals surface area contributed by atoms with Crippen molar-refractivity contribution in [1.82, 2.24) is 0 Å². The van der Waals surface area contributed by atoms with E-state index >= 15 is 0 Å². The van der Waals surface area contributed by atoms with Crippen LogP contribution < -0.4 is 10.1 Å². The monoisotopic (exact) mass is 264 g/mol. The van der Waals surface area contributed by atoms with Crippen molar-refractivity contribution in [3.8, 4) is 5.75 Å². The number of nitrogens with zero attached hydrogens (tertiary/aromatic N) is 1. The van der Waals surface area contributed by atoms with E-state index in [-0.39, 0.29) is 22.3 Å². The van der Waals surface area contributed by atoms with Crippen molar-refractivity contribution < 1.29 is 9.66 Å². The van der Waals surface area contributed by atoms with Crippen LogP contribution in [0.5, 0.6) is 5.75 Å². The molecule has 0 aromatic heterocycles. The summed E-state index contributed by atoms with van der Waals surface area (Å²) >= 11 is 0. The fourth-order valence-electron chi connectivity index (χ4n) is 2.28. The molecular formula is C14H20N2O3. The van der Waals surface area contributed by atoms with Gasteiger partial charge in [-0.1, -0.05) is 0 Å². The number of anilines is 1. The van der Waals surface area contributed by atoms with E-state index in [0.29, 0.717) is 5.75 Å². The summed E-state index contributed by atoms with van der Waals surface area (Å²) < 4.78 is 5.57. The Labute approximate surface area is 113 Å². The zero-order valence-corrected chi connectivity index (χ0v) is 11.6. The molecule has 2 rings (SSSR count). The number of ether oxygens (including phenoxy) is 1. The molecule has 1 aromatic rings. The van der Waals surface area contributed by atoms with Gasteiger partial charge in [-0.15, -0.1) is 0 Å². The standard InChI is InChI=1S/C14H20N2O3/c1-10(2)19-13-8-11(7-12(9-13)16(17)18)15-14(3)5-4-6-14/h7-10,15H,4-6H2,1-3H3. The molecule has 5 heteroatoms. The fourth-order valence-corrected chi connectivity index (χ4v) is 2.28. The highest BCUT2D eigenvalue weighted by Crippen LogP contribution is 2.36. The second kappa shape index (κ2) is 5.07. The second-order valence-corrected chi connectivity index (χ2v) is 5.68. The van der Waals surface area contributed by atoms with Crippen molar-refractivity contribution >= 4 is 11.4 Å². The van der Waals surface area contributed by atoms with Crippen LogP contribution in [0.15, 0.2) is 18.2 Å². The Hall–Kier alpha value is -1.78. The van der Waals surface area contributed by atoms with Crippen molar-refractivity contribution in [2.24, 2.45) is 0 Å². The summed E-state index contributed by atoms with van der Waals surface area (Å²) in [6.07, 6.45) is 3.38. The number of rotatable bonds is 5. The van der Waals surface area contributed by atoms with E-state index in [2.05, 4.69) is 12.2 Å². The number of benzene rings is 1. The molecule has 1 fully saturated rings. The predicted molar refractivity (Wildman–Crippen MR) is 74.7 cm³/mol. The number of hydrogen-bond acceptors (Lipinski definition) is 4. The average Bonchev–Trinajstić information content (AvgIpc) is 2.25. The fraction of sp³-hybridized carbons (Fsp3) is 0.571. The first-order valence-electron chi connectivity index (χ1n) is 6.62. The van der Waals surface area contributed by atoms with Crippen molar-refractivity contribution in [2.75, 3.05) is 5.32 Å². The second-order valence-electron chi connectivity index (χ2n) is 5.68. The summed E-state index contributed by atoms with van der Waals surface area (Å²) in [7, 11) is 0. The summed E-state index contributed by atoms with van der Waals surface area (Å²) in [5.74, 6) is 0.537. The third-order valence-corrected chi connectivity index (χ3v) is 3.38. The molecule has 5 nitrogen and oxygen atoms in total. The maximum Gasteiger partial charge on any atom is 0.275 e. The van der Waals surface area contributed by atoms with E-state index in [1.807, 2.05) is 19.9 Å². The van der Waals surface area contributed by atoms with Crippen molar-refractivity contribution in [1.29, 1.82) is 0 Å². The molecular weight excluding hydrogens is 244 g/mol. The van der Waals surface area contributed by atoms with Gasteiger partial charge in [0.25, 0.3) is 5.69 Å². The minimum atomic E-state index is -0.387. The molecule has 19 heavy (non-hydrogen) atoms. The highest BCUT2D eigenvalue weighted by Gasteiger charge is 2.31. The molecule has 0 amide bonds. The van der Waals surface area contributed by atoms with E-state index in [9.17, 15) is 10.1 Å². The van der Waals surface area contributed by atoms with Crippen LogP contribution in [0.1, 0.15) is 40.0 Å². The number of nitro groups is 1. The van der Waals surface area contributed by atoms with Gasteiger partial charge in [0.15, 0.2) is 0 Å². The van der Waals surface area contributed by atoms with Crippen LogP contribution >= 0.6 is 0 Å². The Morgan fingerprint density at radius 2 is 2.05 bits per heavy atom. The normalized spacial score (nSPS) is 16.8. The lowest BCUT2D eigenvalue weighted by atomic mass is 9.78. The maximum absolute atomic E-state index is 11.0. The number of nitro benzene ring substituents is 1. The molecule has 0 atom stereocenters. The van der Waals surface area contributed by atoms with Gasteiger partial charge in [-0.25, -0.2) is 0 Å². The van der Waals surface area contributed by atoms with Gasteiger partial charge in [0, 0.05) is 23.4 Å². The topological polar surface area (TPSA) is 64.4 Å². The molecule has 0 unspecified atom stereocenters. The zero-order valence-electron chi connectivity index (χ0n) is 11.6. The van der Waals surface area contributed by atoms with Crippen molar-refractivity contribution in [3.05, 3.63) is 28.3 Å². The molecule has 0 saturated heterocycles. The van der Waals surface area contributed by atoms with Crippen LogP contribution in [-0.2, 0) is 0 Å². The van der Waals surface area contributed by atoms with Gasteiger partial charge in [0.2, 0.25) is 0 Å². The molecule has 1 aromatic carbocycles. The molecule has 1 aliphatic rings. The van der Waals surface area contributed by atoms with Gasteiger partial charge in [0.05, 0.1) is 17.1 Å². The molecule has 0 bridgehead atoms. The molecule has 1 aliphatic carbocycles. The summed E-state index contributed by atoms with van der Waals surface area (Å²) in [5.41, 5.74) is 0.875. The Bertz CT molecular complexity index is 482. The molecule has 0 heterocycles. The summed E-state index contributed by atoms with van der Waals surface area (Å²) in [6.45, 7) is 5.94. The summed E-state index contributed by atoms with van der Waals surface area (Å²) in [5, 5.41) is 14.3. The van der Waals surface area contributed by atoms with E-state index in [1.54, 1.807) is 6.07 Å². The first kappa shape index (κ1) is 13.6. The zero-order chi connectivity index (χ0) is 14.0. The lowest BCUT2D eigenvalue weighted by Crippen LogP contribution is -2.41. The number of nitrogens with one attached hydrogen (secondary N) is 1. The molecule has 0 aliphatic heterocycles. The van der Waals surface area contributed by atoms with Gasteiger partial charge in [-0.05, 0) is 40.0 Å². The highest BCUT2D eigenvalue weighted by molar-refractivity contribution is 5.57. The SMILES string of the molecule is CC(C)Oc1cc(NC2(C)CCC2)cc([N+](=O)[O-])c1. The average molecular weight is 264 g/mol. The van der Waals surface area contributed by atoms with E-state index in [4.69, 9.17) is 4.74 Å². The molecule has 1 N–H and O–H groups in total. The van der Waals surface area contributed by atoms with Crippen molar-refractivity contribution in [3.63, 3.8) is 0 Å². The predicted octanol–water partition coefficient (Wildman–Crippen LogP) is 3.74. The Morgan fingerprint density at radius 1 is 1.37 bits per heavy atom. The van der Waals surface area contributed by atoms with Crippen LogP contribution in [-0.4, -0.2) is 16.6 Å². The smallest absolute Gasteiger partial charge is 0.275 e. The lowest BCUT2D eigenvalue weighted by molar-refractivity contribution is -0.384.